The van der Waals surface area contributed by atoms with Gasteiger partial charge in [0.1, 0.15) is 29.5 Å². The molecule has 2 aromatic rings. The number of nitrogens with zero attached hydrogens (tertiary/aromatic N) is 3. The molecule has 2 aliphatic carbocycles. The number of carbonyl (C=O) groups is 3. The summed E-state index contributed by atoms with van der Waals surface area (Å²) < 4.78 is 11.2. The van der Waals surface area contributed by atoms with Crippen LogP contribution >= 0.6 is 0 Å². The van der Waals surface area contributed by atoms with Crippen molar-refractivity contribution < 1.29 is 49.4 Å². The minimum absolute atomic E-state index is 0.0103. The van der Waals surface area contributed by atoms with E-state index in [1.165, 1.54) is 32.4 Å². The SMILES string of the molecule is COc1cccc2c1C(=O)c1c(O)c3c(c(O)c1C2=O)C[C@@](O)(C(=O)CO)CC3CC1C[C@H](N=[N+]=[N-])[C@H](O)[C@H](C)O1.[B][B]B(B([B])[B])B([B])[B]. The zero-order valence-corrected chi connectivity index (χ0v) is 27.5. The Morgan fingerprint density at radius 2 is 1.78 bits per heavy atom. The van der Waals surface area contributed by atoms with E-state index in [-0.39, 0.29) is 53.7 Å². The van der Waals surface area contributed by atoms with Gasteiger partial charge in [0.05, 0.1) is 48.2 Å². The van der Waals surface area contributed by atoms with Crippen LogP contribution in [-0.4, -0.2) is 151 Å². The Hall–Kier alpha value is -3.42. The number of azide groups is 1. The fourth-order valence-corrected chi connectivity index (χ4v) is 7.00. The number of Topliss-reactive ketones (excluding diaryl/α,β-unsaturated/α-hetero) is 1. The number of rotatable bonds is 9. The van der Waals surface area contributed by atoms with Crippen molar-refractivity contribution in [3.8, 4) is 17.2 Å². The van der Waals surface area contributed by atoms with E-state index < -0.39 is 102 Å². The second-order valence-corrected chi connectivity index (χ2v) is 12.7. The molecule has 0 aromatic heterocycles. The first kappa shape index (κ1) is 39.4. The molecular weight excluding hydrogens is 636 g/mol. The van der Waals surface area contributed by atoms with E-state index in [2.05, 4.69) is 10.0 Å². The van der Waals surface area contributed by atoms with Gasteiger partial charge in [0.15, 0.2) is 11.6 Å². The standard InChI is InChI=1S/C28H29N3O10.B9/c1-11-23(34)16(30-31-29)7-13(41-11)6-12-8-28(39,18(33)10-32)9-15-19(12)26(37)22-21(25(15)36)24(35)14-4-3-5-17(40-2)20(14)27(22)38;1-6-9(7(2)3)8(4)5/h3-5,11-13,16,23,32,34,36-37,39H,6-10H2,1-2H3;/t11-,12?,13?,16-,23+,28+;/m0./s1. The minimum Gasteiger partial charge on any atom is -0.507 e. The van der Waals surface area contributed by atoms with Gasteiger partial charge in [-0.05, 0) is 43.7 Å². The molecule has 0 spiro atoms. The van der Waals surface area contributed by atoms with E-state index in [0.29, 0.717) is 0 Å². The minimum atomic E-state index is -2.17. The zero-order valence-electron chi connectivity index (χ0n) is 27.5. The number of aromatic hydroxyl groups is 2. The van der Waals surface area contributed by atoms with E-state index in [0.717, 1.165) is 0 Å². The molecule has 6 atom stereocenters. The van der Waals surface area contributed by atoms with Gasteiger partial charge in [-0.1, -0.05) is 17.2 Å². The van der Waals surface area contributed by atoms with Gasteiger partial charge >= 0.3 is 0 Å². The Bertz CT molecular complexity index is 1710. The molecule has 3 aliphatic rings. The molecular formula is C28H29B9N3O10. The number of fused-ring (bicyclic) bond motifs is 3. The molecule has 50 heavy (non-hydrogen) atoms. The Kier molecular flexibility index (Phi) is 12.5. The molecule has 1 heterocycles. The molecule has 0 amide bonds. The predicted molar refractivity (Wildman–Crippen MR) is 192 cm³/mol. The summed E-state index contributed by atoms with van der Waals surface area (Å²) in [6.07, 6.45) is -4.71. The number of phenolic OH excluding ortho intramolecular Hbond substituents is 2. The van der Waals surface area contributed by atoms with Crippen molar-refractivity contribution in [3.05, 3.63) is 62.0 Å². The van der Waals surface area contributed by atoms with Crippen molar-refractivity contribution in [2.45, 2.75) is 68.5 Å². The van der Waals surface area contributed by atoms with Gasteiger partial charge in [0.2, 0.25) is 5.78 Å². The number of hydrogen-bond donors (Lipinski definition) is 5. The summed E-state index contributed by atoms with van der Waals surface area (Å²) >= 11 is 0. The first-order valence-corrected chi connectivity index (χ1v) is 15.7. The third-order valence-corrected chi connectivity index (χ3v) is 9.53. The third kappa shape index (κ3) is 7.32. The van der Waals surface area contributed by atoms with Crippen molar-refractivity contribution in [1.29, 1.82) is 0 Å². The average Bonchev–Trinajstić information content (AvgIpc) is 3.06. The number of methoxy groups -OCH3 is 1. The lowest BCUT2D eigenvalue weighted by Gasteiger charge is -2.42. The summed E-state index contributed by atoms with van der Waals surface area (Å²) in [5.74, 6) is -4.48. The number of aliphatic hydroxyl groups is 3. The van der Waals surface area contributed by atoms with Gasteiger partial charge in [-0.15, -0.1) is 0 Å². The van der Waals surface area contributed by atoms with Crippen molar-refractivity contribution in [2.75, 3.05) is 13.7 Å². The van der Waals surface area contributed by atoms with Crippen LogP contribution in [-0.2, 0) is 16.0 Å². The van der Waals surface area contributed by atoms with Crippen LogP contribution in [0.4, 0.5) is 0 Å². The maximum Gasteiger partial charge on any atom is 0.202 e. The number of hydrogen-bond acceptors (Lipinski definition) is 11. The highest BCUT2D eigenvalue weighted by molar-refractivity contribution is 7.93. The lowest BCUT2D eigenvalue weighted by molar-refractivity contribution is -0.144. The molecule has 0 saturated carbocycles. The van der Waals surface area contributed by atoms with Crippen LogP contribution in [0.5, 0.6) is 17.2 Å². The summed E-state index contributed by atoms with van der Waals surface area (Å²) in [4.78, 5) is 42.8. The molecule has 1 saturated heterocycles. The molecule has 1 fully saturated rings. The van der Waals surface area contributed by atoms with Crippen LogP contribution in [0.15, 0.2) is 23.3 Å². The molecule has 243 valence electrons. The molecule has 0 bridgehead atoms. The highest BCUT2D eigenvalue weighted by atomic mass is 16.5. The number of benzene rings is 2. The molecule has 5 rings (SSSR count). The first-order valence-electron chi connectivity index (χ1n) is 15.7. The summed E-state index contributed by atoms with van der Waals surface area (Å²) in [6.45, 7) is 0.592. The normalized spacial score (nSPS) is 24.9. The van der Waals surface area contributed by atoms with Gasteiger partial charge in [0.25, 0.3) is 0 Å². The quantitative estimate of drug-likeness (QED) is 0.0579. The fourth-order valence-electron chi connectivity index (χ4n) is 7.00. The largest absolute Gasteiger partial charge is 0.507 e. The first-order chi connectivity index (χ1) is 23.6. The van der Waals surface area contributed by atoms with Crippen LogP contribution < -0.4 is 4.74 Å². The van der Waals surface area contributed by atoms with E-state index >= 15 is 0 Å². The molecule has 5 N–H and O–H groups in total. The van der Waals surface area contributed by atoms with Gasteiger partial charge in [0, 0.05) is 92.9 Å². The van der Waals surface area contributed by atoms with Gasteiger partial charge in [-0.3, -0.25) is 14.4 Å². The third-order valence-electron chi connectivity index (χ3n) is 9.53. The zero-order chi connectivity index (χ0) is 37.2. The Morgan fingerprint density at radius 1 is 1.14 bits per heavy atom. The number of phenols is 2. The van der Waals surface area contributed by atoms with E-state index in [1.807, 2.05) is 0 Å². The summed E-state index contributed by atoms with van der Waals surface area (Å²) in [7, 11) is 28.8. The number of carbonyl (C=O) groups excluding carboxylic acids is 3. The fraction of sp³-hybridized carbons (Fsp3) is 0.464. The topological polar surface area (TPSA) is 220 Å². The maximum atomic E-state index is 13.7. The highest BCUT2D eigenvalue weighted by Gasteiger charge is 2.49. The number of ketones is 3. The molecule has 1 aliphatic heterocycles. The van der Waals surface area contributed by atoms with E-state index in [4.69, 9.17) is 53.7 Å². The molecule has 13 nitrogen and oxygen atoms in total. The average molecular weight is 665 g/mol. The van der Waals surface area contributed by atoms with E-state index in [1.54, 1.807) is 6.92 Å². The summed E-state index contributed by atoms with van der Waals surface area (Å²) in [6, 6.07) is 3.55. The molecule has 11 radical (unpaired) electrons. The summed E-state index contributed by atoms with van der Waals surface area (Å²) in [5, 5.41) is 58.0. The second-order valence-electron chi connectivity index (χ2n) is 12.7. The molecule has 2 aromatic carbocycles. The van der Waals surface area contributed by atoms with Crippen LogP contribution in [0.3, 0.4) is 0 Å². The van der Waals surface area contributed by atoms with Crippen molar-refractivity contribution in [1.82, 2.24) is 0 Å². The number of ether oxygens (including phenoxy) is 2. The van der Waals surface area contributed by atoms with Gasteiger partial charge in [-0.2, -0.15) is 0 Å². The van der Waals surface area contributed by atoms with Gasteiger partial charge < -0.3 is 35.0 Å². The lowest BCUT2D eigenvalue weighted by Crippen LogP contribution is -2.55. The Morgan fingerprint density at radius 3 is 2.32 bits per heavy atom. The van der Waals surface area contributed by atoms with Crippen molar-refractivity contribution in [3.63, 3.8) is 0 Å². The maximum absolute atomic E-state index is 13.7. The van der Waals surface area contributed by atoms with Crippen LogP contribution in [0.25, 0.3) is 10.4 Å². The van der Waals surface area contributed by atoms with Crippen LogP contribution in [0.1, 0.15) is 75.1 Å². The predicted octanol–water partition coefficient (Wildman–Crippen LogP) is -1.62. The summed E-state index contributed by atoms with van der Waals surface area (Å²) in [5.41, 5.74) is 5.71. The van der Waals surface area contributed by atoms with E-state index in [9.17, 15) is 39.9 Å². The lowest BCUT2D eigenvalue weighted by atomic mass is 8.64. The van der Waals surface area contributed by atoms with Crippen LogP contribution in [0.2, 0.25) is 0 Å². The van der Waals surface area contributed by atoms with Crippen molar-refractivity contribution in [2.24, 2.45) is 5.11 Å². The second kappa shape index (κ2) is 15.9. The van der Waals surface area contributed by atoms with Gasteiger partial charge in [-0.25, -0.2) is 0 Å². The smallest absolute Gasteiger partial charge is 0.202 e. The number of aliphatic hydroxyl groups excluding tert-OH is 2. The van der Waals surface area contributed by atoms with Crippen molar-refractivity contribution >= 4 is 82.3 Å². The monoisotopic (exact) mass is 666 g/mol. The highest BCUT2D eigenvalue weighted by Crippen LogP contribution is 2.53. The Balaban J connectivity index is 0.000000551. The molecule has 22 heteroatoms. The van der Waals surface area contributed by atoms with Crippen LogP contribution in [0, 0.1) is 0 Å². The molecule has 2 unspecified atom stereocenters. The Labute approximate surface area is 297 Å².